The highest BCUT2D eigenvalue weighted by molar-refractivity contribution is 6.00. The van der Waals surface area contributed by atoms with Gasteiger partial charge in [0.25, 0.3) is 5.91 Å². The number of aliphatic hydroxyl groups is 1. The Morgan fingerprint density at radius 2 is 2.15 bits per heavy atom. The molecule has 5 nitrogen and oxygen atoms in total. The summed E-state index contributed by atoms with van der Waals surface area (Å²) in [7, 11) is 3.79. The van der Waals surface area contributed by atoms with Crippen LogP contribution in [0.5, 0.6) is 0 Å². The van der Waals surface area contributed by atoms with E-state index in [2.05, 4.69) is 0 Å². The fraction of sp³-hybridized carbons (Fsp3) is 0.533. The number of β-amino-alcohol motifs (C(OH)–C–C–N with tert-alkyl or cyclic N) is 1. The Bertz CT molecular complexity index is 512. The maximum atomic E-state index is 12.7. The summed E-state index contributed by atoms with van der Waals surface area (Å²) in [4.78, 5) is 16.3. The minimum absolute atomic E-state index is 0.0685. The maximum Gasteiger partial charge on any atom is 0.256 e. The van der Waals surface area contributed by atoms with E-state index in [0.717, 1.165) is 18.5 Å². The Morgan fingerprint density at radius 3 is 2.75 bits per heavy atom. The molecule has 1 saturated heterocycles. The summed E-state index contributed by atoms with van der Waals surface area (Å²) in [6.07, 6.45) is 1.55. The van der Waals surface area contributed by atoms with E-state index in [1.54, 1.807) is 24.0 Å². The van der Waals surface area contributed by atoms with E-state index < -0.39 is 5.60 Å². The summed E-state index contributed by atoms with van der Waals surface area (Å²) in [6, 6.07) is 5.35. The van der Waals surface area contributed by atoms with Crippen molar-refractivity contribution in [1.82, 2.24) is 4.90 Å². The quantitative estimate of drug-likeness (QED) is 0.800. The van der Waals surface area contributed by atoms with Crippen LogP contribution in [0, 0.1) is 0 Å². The van der Waals surface area contributed by atoms with Gasteiger partial charge in [-0.25, -0.2) is 0 Å². The molecule has 0 saturated carbocycles. The predicted octanol–water partition coefficient (Wildman–Crippen LogP) is 1.32. The summed E-state index contributed by atoms with van der Waals surface area (Å²) >= 11 is 0. The molecule has 0 radical (unpaired) electrons. The van der Waals surface area contributed by atoms with Crippen LogP contribution in [0.3, 0.4) is 0 Å². The standard InChI is InChI=1S/C15H23N3O2/c1-15(20)7-4-8-18(10-15)14(19)12-9-11(16)5-6-13(12)17(2)3/h5-6,9,20H,4,7-8,10,16H2,1-3H3. The Balaban J connectivity index is 2.31. The zero-order valence-corrected chi connectivity index (χ0v) is 12.4. The molecule has 0 spiro atoms. The lowest BCUT2D eigenvalue weighted by Gasteiger charge is -2.37. The van der Waals surface area contributed by atoms with Gasteiger partial charge in [0, 0.05) is 38.6 Å². The maximum absolute atomic E-state index is 12.7. The predicted molar refractivity (Wildman–Crippen MR) is 80.9 cm³/mol. The first-order valence-electron chi connectivity index (χ1n) is 6.89. The zero-order valence-electron chi connectivity index (χ0n) is 12.4. The van der Waals surface area contributed by atoms with E-state index in [-0.39, 0.29) is 5.91 Å². The van der Waals surface area contributed by atoms with Crippen LogP contribution < -0.4 is 10.6 Å². The SMILES string of the molecule is CN(C)c1ccc(N)cc1C(=O)N1CCCC(C)(O)C1. The van der Waals surface area contributed by atoms with Crippen molar-refractivity contribution in [3.63, 3.8) is 0 Å². The fourth-order valence-corrected chi connectivity index (χ4v) is 2.68. The van der Waals surface area contributed by atoms with Gasteiger partial charge in [-0.1, -0.05) is 0 Å². The van der Waals surface area contributed by atoms with E-state index in [4.69, 9.17) is 5.73 Å². The number of rotatable bonds is 2. The number of likely N-dealkylation sites (tertiary alicyclic amines) is 1. The zero-order chi connectivity index (χ0) is 14.9. The second kappa shape index (κ2) is 5.32. The van der Waals surface area contributed by atoms with Crippen LogP contribution >= 0.6 is 0 Å². The van der Waals surface area contributed by atoms with Gasteiger partial charge in [0.2, 0.25) is 0 Å². The van der Waals surface area contributed by atoms with Gasteiger partial charge in [-0.05, 0) is 38.0 Å². The summed E-state index contributed by atoms with van der Waals surface area (Å²) in [5.74, 6) is -0.0685. The van der Waals surface area contributed by atoms with Gasteiger partial charge in [-0.3, -0.25) is 4.79 Å². The molecule has 1 fully saturated rings. The highest BCUT2D eigenvalue weighted by Gasteiger charge is 2.32. The fourth-order valence-electron chi connectivity index (χ4n) is 2.68. The lowest BCUT2D eigenvalue weighted by Crippen LogP contribution is -2.48. The Hall–Kier alpha value is -1.75. The van der Waals surface area contributed by atoms with Gasteiger partial charge in [0.15, 0.2) is 0 Å². The van der Waals surface area contributed by atoms with Gasteiger partial charge < -0.3 is 20.6 Å². The molecular formula is C15H23N3O2. The summed E-state index contributed by atoms with van der Waals surface area (Å²) < 4.78 is 0. The number of carbonyl (C=O) groups is 1. The highest BCUT2D eigenvalue weighted by Crippen LogP contribution is 2.26. The highest BCUT2D eigenvalue weighted by atomic mass is 16.3. The largest absolute Gasteiger partial charge is 0.399 e. The number of amides is 1. The van der Waals surface area contributed by atoms with Crippen molar-refractivity contribution in [2.75, 3.05) is 37.8 Å². The van der Waals surface area contributed by atoms with Crippen molar-refractivity contribution >= 4 is 17.3 Å². The van der Waals surface area contributed by atoms with Crippen LogP contribution in [-0.2, 0) is 0 Å². The first-order valence-corrected chi connectivity index (χ1v) is 6.89. The van der Waals surface area contributed by atoms with Crippen molar-refractivity contribution in [1.29, 1.82) is 0 Å². The molecular weight excluding hydrogens is 254 g/mol. The van der Waals surface area contributed by atoms with E-state index in [9.17, 15) is 9.90 Å². The number of anilines is 2. The van der Waals surface area contributed by atoms with Crippen molar-refractivity contribution in [2.24, 2.45) is 0 Å². The Labute approximate surface area is 120 Å². The average molecular weight is 277 g/mol. The second-order valence-electron chi connectivity index (χ2n) is 6.00. The van der Waals surface area contributed by atoms with Crippen molar-refractivity contribution in [3.05, 3.63) is 23.8 Å². The van der Waals surface area contributed by atoms with E-state index in [1.807, 2.05) is 25.1 Å². The van der Waals surface area contributed by atoms with Gasteiger partial charge in [-0.2, -0.15) is 0 Å². The van der Waals surface area contributed by atoms with Crippen LogP contribution in [0.4, 0.5) is 11.4 Å². The van der Waals surface area contributed by atoms with E-state index >= 15 is 0 Å². The van der Waals surface area contributed by atoms with Crippen molar-refractivity contribution < 1.29 is 9.90 Å². The molecule has 1 amide bonds. The van der Waals surface area contributed by atoms with E-state index in [0.29, 0.717) is 24.3 Å². The molecule has 1 aliphatic heterocycles. The Morgan fingerprint density at radius 1 is 1.45 bits per heavy atom. The van der Waals surface area contributed by atoms with Gasteiger partial charge in [-0.15, -0.1) is 0 Å². The molecule has 3 N–H and O–H groups in total. The van der Waals surface area contributed by atoms with Crippen LogP contribution in [0.15, 0.2) is 18.2 Å². The van der Waals surface area contributed by atoms with Crippen molar-refractivity contribution in [3.8, 4) is 0 Å². The molecule has 0 aliphatic carbocycles. The monoisotopic (exact) mass is 277 g/mol. The topological polar surface area (TPSA) is 69.8 Å². The number of hydrogen-bond acceptors (Lipinski definition) is 4. The molecule has 1 aromatic rings. The second-order valence-corrected chi connectivity index (χ2v) is 6.00. The van der Waals surface area contributed by atoms with Gasteiger partial charge >= 0.3 is 0 Å². The minimum atomic E-state index is -0.799. The van der Waals surface area contributed by atoms with Gasteiger partial charge in [0.1, 0.15) is 0 Å². The van der Waals surface area contributed by atoms with Crippen LogP contribution in [0.1, 0.15) is 30.1 Å². The number of nitrogens with zero attached hydrogens (tertiary/aromatic N) is 2. The molecule has 1 aliphatic rings. The third kappa shape index (κ3) is 3.04. The normalized spacial score (nSPS) is 22.7. The van der Waals surface area contributed by atoms with Crippen LogP contribution in [0.2, 0.25) is 0 Å². The third-order valence-electron chi connectivity index (χ3n) is 3.69. The molecule has 1 atom stereocenters. The smallest absolute Gasteiger partial charge is 0.256 e. The molecule has 110 valence electrons. The summed E-state index contributed by atoms with van der Waals surface area (Å²) in [5.41, 5.74) is 7.02. The number of piperidine rings is 1. The number of hydrogen-bond donors (Lipinski definition) is 2. The number of benzene rings is 1. The molecule has 1 aromatic carbocycles. The summed E-state index contributed by atoms with van der Waals surface area (Å²) in [6.45, 7) is 2.82. The molecule has 1 unspecified atom stereocenters. The van der Waals surface area contributed by atoms with Crippen LogP contribution in [-0.4, -0.2) is 48.7 Å². The minimum Gasteiger partial charge on any atom is -0.399 e. The number of nitrogens with two attached hydrogens (primary N) is 1. The molecule has 0 bridgehead atoms. The van der Waals surface area contributed by atoms with E-state index in [1.165, 1.54) is 0 Å². The molecule has 0 aromatic heterocycles. The average Bonchev–Trinajstić information content (AvgIpc) is 2.36. The molecule has 5 heteroatoms. The van der Waals surface area contributed by atoms with Crippen molar-refractivity contribution in [2.45, 2.75) is 25.4 Å². The van der Waals surface area contributed by atoms with Crippen LogP contribution in [0.25, 0.3) is 0 Å². The molecule has 1 heterocycles. The Kier molecular flexibility index (Phi) is 3.90. The van der Waals surface area contributed by atoms with Gasteiger partial charge in [0.05, 0.1) is 11.2 Å². The number of nitrogen functional groups attached to an aromatic ring is 1. The number of carbonyl (C=O) groups excluding carboxylic acids is 1. The lowest BCUT2D eigenvalue weighted by molar-refractivity contribution is -0.0107. The first-order chi connectivity index (χ1) is 9.30. The molecule has 20 heavy (non-hydrogen) atoms. The third-order valence-corrected chi connectivity index (χ3v) is 3.69. The summed E-state index contributed by atoms with van der Waals surface area (Å²) in [5, 5.41) is 10.1. The molecule has 2 rings (SSSR count). The lowest BCUT2D eigenvalue weighted by atomic mass is 9.94. The first kappa shape index (κ1) is 14.7.